The Bertz CT molecular complexity index is 1650. The fraction of sp³-hybridized carbons (Fsp3) is 0.345. The Kier molecular flexibility index (Phi) is 8.88. The molecule has 1 amide bonds. The largest absolute Gasteiger partial charge is 0.493 e. The van der Waals surface area contributed by atoms with Gasteiger partial charge < -0.3 is 18.8 Å². The average Bonchev–Trinajstić information content (AvgIpc) is 2.93. The molecule has 0 unspecified atom stereocenters. The normalized spacial score (nSPS) is 11.7. The summed E-state index contributed by atoms with van der Waals surface area (Å²) in [6, 6.07) is 11.8. The molecule has 0 N–H and O–H groups in total. The number of para-hydroxylation sites is 1. The third-order valence-electron chi connectivity index (χ3n) is 6.10. The summed E-state index contributed by atoms with van der Waals surface area (Å²) in [7, 11) is 0. The number of fused-ring (bicyclic) bond motifs is 2. The summed E-state index contributed by atoms with van der Waals surface area (Å²) in [5, 5.41) is 0.207. The molecule has 10 nitrogen and oxygen atoms in total. The van der Waals surface area contributed by atoms with Crippen molar-refractivity contribution in [3.05, 3.63) is 81.2 Å². The van der Waals surface area contributed by atoms with Gasteiger partial charge in [0.05, 0.1) is 24.2 Å². The number of benzene rings is 1. The van der Waals surface area contributed by atoms with Crippen molar-refractivity contribution >= 4 is 28.6 Å². The minimum Gasteiger partial charge on any atom is -0.493 e. The van der Waals surface area contributed by atoms with Gasteiger partial charge in [-0.15, -0.1) is 0 Å². The van der Waals surface area contributed by atoms with Gasteiger partial charge in [-0.25, -0.2) is 9.78 Å². The van der Waals surface area contributed by atoms with Gasteiger partial charge in [0, 0.05) is 26.0 Å². The first kappa shape index (κ1) is 27.7. The topological polar surface area (TPSA) is 113 Å². The van der Waals surface area contributed by atoms with Crippen LogP contribution in [0.1, 0.15) is 53.5 Å². The van der Waals surface area contributed by atoms with E-state index in [9.17, 15) is 14.4 Å². The van der Waals surface area contributed by atoms with E-state index in [1.54, 1.807) is 48.0 Å². The molecule has 1 aromatic carbocycles. The summed E-state index contributed by atoms with van der Waals surface area (Å²) in [6.07, 6.45) is 2.16. The average molecular weight is 533 g/mol. The second-order valence-corrected chi connectivity index (χ2v) is 8.69. The zero-order chi connectivity index (χ0) is 27.9. The van der Waals surface area contributed by atoms with Crippen molar-refractivity contribution in [3.63, 3.8) is 0 Å². The highest BCUT2D eigenvalue weighted by Gasteiger charge is 2.21. The molecule has 4 aromatic rings. The lowest BCUT2D eigenvalue weighted by atomic mass is 10.1. The highest BCUT2D eigenvalue weighted by atomic mass is 16.5. The summed E-state index contributed by atoms with van der Waals surface area (Å²) in [5.41, 5.74) is 1.53. The molecule has 10 heteroatoms. The van der Waals surface area contributed by atoms with Crippen molar-refractivity contribution in [2.75, 3.05) is 26.4 Å². The molecule has 204 valence electrons. The molecule has 39 heavy (non-hydrogen) atoms. The van der Waals surface area contributed by atoms with Crippen LogP contribution in [-0.4, -0.2) is 52.3 Å². The molecular weight excluding hydrogens is 500 g/mol. The number of hydrogen-bond acceptors (Lipinski definition) is 7. The van der Waals surface area contributed by atoms with Gasteiger partial charge in [0.25, 0.3) is 11.5 Å². The lowest BCUT2D eigenvalue weighted by molar-refractivity contribution is 0.0523. The van der Waals surface area contributed by atoms with Crippen LogP contribution in [0.15, 0.2) is 58.4 Å². The van der Waals surface area contributed by atoms with Crippen LogP contribution in [0.25, 0.3) is 16.7 Å². The molecule has 3 aromatic heterocycles. The molecule has 4 rings (SSSR count). The number of ether oxygens (including phenoxy) is 3. The van der Waals surface area contributed by atoms with Crippen LogP contribution in [0.4, 0.5) is 0 Å². The lowest BCUT2D eigenvalue weighted by Gasteiger charge is -2.16. The summed E-state index contributed by atoms with van der Waals surface area (Å²) < 4.78 is 19.5. The van der Waals surface area contributed by atoms with Crippen LogP contribution in [-0.2, 0) is 16.0 Å². The van der Waals surface area contributed by atoms with Crippen LogP contribution < -0.4 is 15.8 Å². The summed E-state index contributed by atoms with van der Waals surface area (Å²) in [6.45, 7) is 9.00. The molecular formula is C29H32N4O6. The Morgan fingerprint density at radius 3 is 2.51 bits per heavy atom. The van der Waals surface area contributed by atoms with Gasteiger partial charge in [-0.3, -0.25) is 14.0 Å². The maximum atomic E-state index is 13.6. The lowest BCUT2D eigenvalue weighted by Crippen LogP contribution is -2.33. The smallest absolute Gasteiger partial charge is 0.341 e. The molecule has 0 atom stereocenters. The number of esters is 1. The van der Waals surface area contributed by atoms with Crippen molar-refractivity contribution in [3.8, 4) is 5.75 Å². The predicted octanol–water partition coefficient (Wildman–Crippen LogP) is 3.70. The molecule has 0 saturated carbocycles. The number of aryl methyl sites for hydroxylation is 2. The monoisotopic (exact) mass is 532 g/mol. The van der Waals surface area contributed by atoms with Crippen molar-refractivity contribution in [2.45, 2.75) is 40.7 Å². The van der Waals surface area contributed by atoms with Crippen LogP contribution in [0.2, 0.25) is 0 Å². The fourth-order valence-electron chi connectivity index (χ4n) is 4.33. The van der Waals surface area contributed by atoms with Gasteiger partial charge in [0.1, 0.15) is 22.6 Å². The molecule has 0 aliphatic heterocycles. The molecule has 0 aliphatic carbocycles. The molecule has 0 fully saturated rings. The molecule has 0 aliphatic rings. The van der Waals surface area contributed by atoms with Gasteiger partial charge >= 0.3 is 5.97 Å². The fourth-order valence-corrected chi connectivity index (χ4v) is 4.33. The minimum atomic E-state index is -0.698. The Balaban J connectivity index is 2.08. The number of rotatable bonds is 10. The van der Waals surface area contributed by atoms with Crippen LogP contribution in [0.5, 0.6) is 5.75 Å². The van der Waals surface area contributed by atoms with Gasteiger partial charge in [0.2, 0.25) is 0 Å². The highest BCUT2D eigenvalue weighted by Crippen LogP contribution is 2.19. The van der Waals surface area contributed by atoms with Crippen molar-refractivity contribution in [1.82, 2.24) is 14.0 Å². The number of carbonyl (C=O) groups is 2. The van der Waals surface area contributed by atoms with E-state index in [0.29, 0.717) is 43.3 Å². The Hall–Kier alpha value is -4.31. The summed E-state index contributed by atoms with van der Waals surface area (Å²) in [5.74, 6) is -0.916. The first-order chi connectivity index (χ1) is 18.9. The molecule has 3 heterocycles. The number of aromatic nitrogens is 3. The van der Waals surface area contributed by atoms with Gasteiger partial charge in [0.15, 0.2) is 5.49 Å². The van der Waals surface area contributed by atoms with E-state index in [0.717, 1.165) is 5.56 Å². The number of carbonyl (C=O) groups excluding carboxylic acids is 2. The Morgan fingerprint density at radius 1 is 0.974 bits per heavy atom. The van der Waals surface area contributed by atoms with E-state index < -0.39 is 11.9 Å². The predicted molar refractivity (Wildman–Crippen MR) is 146 cm³/mol. The van der Waals surface area contributed by atoms with Gasteiger partial charge in [-0.05, 0) is 63.9 Å². The third kappa shape index (κ3) is 5.75. The Morgan fingerprint density at radius 2 is 1.77 bits per heavy atom. The third-order valence-corrected chi connectivity index (χ3v) is 6.10. The highest BCUT2D eigenvalue weighted by molar-refractivity contribution is 5.99. The van der Waals surface area contributed by atoms with E-state index in [2.05, 4.69) is 4.99 Å². The SMILES string of the molecule is CCOCCCn1c(=NC(=O)c2ccccc2OCC)c(C(=O)OCC)cc2c(=O)n3cccc(C)c3nc21. The van der Waals surface area contributed by atoms with Crippen molar-refractivity contribution in [1.29, 1.82) is 0 Å². The van der Waals surface area contributed by atoms with E-state index in [1.807, 2.05) is 26.8 Å². The molecule has 0 bridgehead atoms. The summed E-state index contributed by atoms with van der Waals surface area (Å²) >= 11 is 0. The second kappa shape index (κ2) is 12.5. The van der Waals surface area contributed by atoms with E-state index in [1.165, 1.54) is 10.5 Å². The van der Waals surface area contributed by atoms with Crippen LogP contribution in [0, 0.1) is 6.92 Å². The first-order valence-electron chi connectivity index (χ1n) is 13.0. The minimum absolute atomic E-state index is 0.00509. The van der Waals surface area contributed by atoms with Crippen LogP contribution in [0.3, 0.4) is 0 Å². The molecule has 0 spiro atoms. The standard InChI is InChI=1S/C29H32N4O6/c1-5-37-17-11-16-32-25-21(28(35)33-15-10-12-19(4)24(33)30-25)18-22(29(36)39-7-3)26(32)31-27(34)20-13-8-9-14-23(20)38-6-2/h8-10,12-15,18H,5-7,11,16-17H2,1-4H3. The summed E-state index contributed by atoms with van der Waals surface area (Å²) in [4.78, 5) is 49.5. The maximum absolute atomic E-state index is 13.6. The zero-order valence-electron chi connectivity index (χ0n) is 22.6. The number of nitrogens with zero attached hydrogens (tertiary/aromatic N) is 4. The second-order valence-electron chi connectivity index (χ2n) is 8.69. The van der Waals surface area contributed by atoms with Crippen molar-refractivity contribution in [2.24, 2.45) is 4.99 Å². The van der Waals surface area contributed by atoms with E-state index in [-0.39, 0.29) is 40.7 Å². The number of hydrogen-bond donors (Lipinski definition) is 0. The maximum Gasteiger partial charge on any atom is 0.341 e. The van der Waals surface area contributed by atoms with Gasteiger partial charge in [-0.2, -0.15) is 4.99 Å². The number of pyridine rings is 2. The first-order valence-corrected chi connectivity index (χ1v) is 13.0. The quantitative estimate of drug-likeness (QED) is 0.174. The molecule has 0 radical (unpaired) electrons. The van der Waals surface area contributed by atoms with E-state index in [4.69, 9.17) is 19.2 Å². The zero-order valence-corrected chi connectivity index (χ0v) is 22.6. The Labute approximate surface area is 225 Å². The van der Waals surface area contributed by atoms with E-state index >= 15 is 0 Å². The van der Waals surface area contributed by atoms with Crippen LogP contribution >= 0.6 is 0 Å². The number of amides is 1. The van der Waals surface area contributed by atoms with Gasteiger partial charge in [-0.1, -0.05) is 18.2 Å². The van der Waals surface area contributed by atoms with Crippen molar-refractivity contribution < 1.29 is 23.8 Å². The molecule has 0 saturated heterocycles.